The van der Waals surface area contributed by atoms with Crippen LogP contribution in [0, 0.1) is 0 Å². The van der Waals surface area contributed by atoms with Crippen LogP contribution in [0.1, 0.15) is 19.4 Å². The number of phenolic OH excluding ortho intramolecular Hbond substituents is 1. The van der Waals surface area contributed by atoms with Gasteiger partial charge >= 0.3 is 0 Å². The molecule has 1 rings (SSSR count). The number of allylic oxidation sites excluding steroid dienone is 2. The van der Waals surface area contributed by atoms with Crippen LogP contribution in [0.3, 0.4) is 0 Å². The van der Waals surface area contributed by atoms with Crippen molar-refractivity contribution in [1.82, 2.24) is 0 Å². The number of hydrogen-bond acceptors (Lipinski definition) is 1. The lowest BCUT2D eigenvalue weighted by Crippen LogP contribution is -1.76. The van der Waals surface area contributed by atoms with E-state index in [9.17, 15) is 0 Å². The van der Waals surface area contributed by atoms with E-state index in [-0.39, 0.29) is 0 Å². The fourth-order valence-corrected chi connectivity index (χ4v) is 0.918. The lowest BCUT2D eigenvalue weighted by Gasteiger charge is -1.99. The number of hydrogen-bond donors (Lipinski definition) is 1. The summed E-state index contributed by atoms with van der Waals surface area (Å²) in [5.41, 5.74) is 2.26. The minimum Gasteiger partial charge on any atom is -0.508 e. The van der Waals surface area contributed by atoms with Crippen LogP contribution < -0.4 is 0 Å². The summed E-state index contributed by atoms with van der Waals surface area (Å²) in [6, 6.07) is 7.26. The van der Waals surface area contributed by atoms with Crippen LogP contribution in [-0.2, 0) is 0 Å². The second kappa shape index (κ2) is 3.24. The van der Waals surface area contributed by atoms with Crippen LogP contribution in [0.15, 0.2) is 30.3 Å². The zero-order valence-electron chi connectivity index (χ0n) is 6.83. The van der Waals surface area contributed by atoms with Gasteiger partial charge in [0.25, 0.3) is 0 Å². The van der Waals surface area contributed by atoms with E-state index in [1.54, 1.807) is 12.1 Å². The van der Waals surface area contributed by atoms with Crippen molar-refractivity contribution >= 4 is 5.57 Å². The Hall–Kier alpha value is -1.24. The molecule has 0 unspecified atom stereocenters. The summed E-state index contributed by atoms with van der Waals surface area (Å²) in [5.74, 6) is 0.323. The summed E-state index contributed by atoms with van der Waals surface area (Å²) >= 11 is 0. The molecule has 1 heteroatoms. The molecule has 0 aromatic heterocycles. The fraction of sp³-hybridized carbons (Fsp3) is 0.200. The first-order valence-electron chi connectivity index (χ1n) is 3.66. The molecule has 1 aromatic rings. The van der Waals surface area contributed by atoms with Crippen molar-refractivity contribution in [3.8, 4) is 5.75 Å². The standard InChI is InChI=1S/C10H12O/c1-3-8(2)9-5-4-6-10(11)7-9/h3-7,11H,1-2H3/b8-3-. The van der Waals surface area contributed by atoms with Crippen LogP contribution in [-0.4, -0.2) is 5.11 Å². The molecule has 0 aliphatic rings. The van der Waals surface area contributed by atoms with E-state index >= 15 is 0 Å². The van der Waals surface area contributed by atoms with Crippen LogP contribution in [0.2, 0.25) is 0 Å². The SMILES string of the molecule is C/C=C(/C)c1cccc(O)c1. The summed E-state index contributed by atoms with van der Waals surface area (Å²) in [5, 5.41) is 9.13. The maximum atomic E-state index is 9.13. The molecule has 0 amide bonds. The molecule has 0 fully saturated rings. The summed E-state index contributed by atoms with van der Waals surface area (Å²) < 4.78 is 0. The lowest BCUT2D eigenvalue weighted by atomic mass is 10.1. The van der Waals surface area contributed by atoms with Crippen LogP contribution in [0.25, 0.3) is 5.57 Å². The zero-order valence-corrected chi connectivity index (χ0v) is 6.83. The Labute approximate surface area is 67.0 Å². The Morgan fingerprint density at radius 1 is 1.45 bits per heavy atom. The van der Waals surface area contributed by atoms with Crippen LogP contribution in [0.4, 0.5) is 0 Å². The minimum absolute atomic E-state index is 0.323. The molecule has 11 heavy (non-hydrogen) atoms. The van der Waals surface area contributed by atoms with Gasteiger partial charge in [-0.2, -0.15) is 0 Å². The van der Waals surface area contributed by atoms with Gasteiger partial charge < -0.3 is 5.11 Å². The number of phenols is 1. The van der Waals surface area contributed by atoms with E-state index in [0.29, 0.717) is 5.75 Å². The average Bonchev–Trinajstić information content (AvgIpc) is 2.03. The highest BCUT2D eigenvalue weighted by atomic mass is 16.3. The molecule has 0 bridgehead atoms. The highest BCUT2D eigenvalue weighted by molar-refractivity contribution is 5.64. The molecule has 1 nitrogen and oxygen atoms in total. The Morgan fingerprint density at radius 2 is 2.18 bits per heavy atom. The van der Waals surface area contributed by atoms with E-state index in [2.05, 4.69) is 0 Å². The van der Waals surface area contributed by atoms with Gasteiger partial charge in [-0.1, -0.05) is 18.2 Å². The van der Waals surface area contributed by atoms with E-state index in [4.69, 9.17) is 5.11 Å². The smallest absolute Gasteiger partial charge is 0.116 e. The third-order valence-electron chi connectivity index (χ3n) is 1.73. The van der Waals surface area contributed by atoms with E-state index in [1.165, 1.54) is 5.57 Å². The third kappa shape index (κ3) is 1.84. The van der Waals surface area contributed by atoms with Crippen molar-refractivity contribution in [1.29, 1.82) is 0 Å². The monoisotopic (exact) mass is 148 g/mol. The first kappa shape index (κ1) is 7.86. The number of benzene rings is 1. The highest BCUT2D eigenvalue weighted by Crippen LogP contribution is 2.17. The van der Waals surface area contributed by atoms with Crippen molar-refractivity contribution < 1.29 is 5.11 Å². The van der Waals surface area contributed by atoms with Crippen molar-refractivity contribution in [2.45, 2.75) is 13.8 Å². The molecule has 58 valence electrons. The molecule has 0 aliphatic carbocycles. The zero-order chi connectivity index (χ0) is 8.27. The minimum atomic E-state index is 0.323. The third-order valence-corrected chi connectivity index (χ3v) is 1.73. The predicted octanol–water partition coefficient (Wildman–Crippen LogP) is 2.82. The van der Waals surface area contributed by atoms with Crippen molar-refractivity contribution in [2.24, 2.45) is 0 Å². The number of rotatable bonds is 1. The highest BCUT2D eigenvalue weighted by Gasteiger charge is 1.93. The van der Waals surface area contributed by atoms with Crippen LogP contribution in [0.5, 0.6) is 5.75 Å². The van der Waals surface area contributed by atoms with E-state index in [1.807, 2.05) is 32.1 Å². The molecule has 1 N–H and O–H groups in total. The van der Waals surface area contributed by atoms with Gasteiger partial charge in [0, 0.05) is 0 Å². The Bertz CT molecular complexity index is 274. The summed E-state index contributed by atoms with van der Waals surface area (Å²) in [6.45, 7) is 4.01. The Kier molecular flexibility index (Phi) is 2.32. The van der Waals surface area contributed by atoms with Crippen molar-refractivity contribution in [3.63, 3.8) is 0 Å². The fourth-order valence-electron chi connectivity index (χ4n) is 0.918. The molecule has 0 saturated carbocycles. The summed E-state index contributed by atoms with van der Waals surface area (Å²) in [4.78, 5) is 0. The topological polar surface area (TPSA) is 20.2 Å². The molecule has 0 heterocycles. The molecule has 0 saturated heterocycles. The maximum Gasteiger partial charge on any atom is 0.116 e. The average molecular weight is 148 g/mol. The molecular formula is C10H12O. The molecule has 0 aliphatic heterocycles. The van der Waals surface area contributed by atoms with Gasteiger partial charge in [0.2, 0.25) is 0 Å². The molecule has 0 spiro atoms. The van der Waals surface area contributed by atoms with Gasteiger partial charge in [0.15, 0.2) is 0 Å². The maximum absolute atomic E-state index is 9.13. The van der Waals surface area contributed by atoms with Gasteiger partial charge in [-0.15, -0.1) is 0 Å². The van der Waals surface area contributed by atoms with Gasteiger partial charge in [0.05, 0.1) is 0 Å². The van der Waals surface area contributed by atoms with Gasteiger partial charge in [0.1, 0.15) is 5.75 Å². The molecule has 1 aromatic carbocycles. The normalized spacial score (nSPS) is 11.6. The van der Waals surface area contributed by atoms with Gasteiger partial charge in [-0.25, -0.2) is 0 Å². The predicted molar refractivity (Wildman–Crippen MR) is 47.4 cm³/mol. The van der Waals surface area contributed by atoms with Crippen molar-refractivity contribution in [2.75, 3.05) is 0 Å². The second-order valence-corrected chi connectivity index (χ2v) is 2.52. The van der Waals surface area contributed by atoms with Crippen LogP contribution >= 0.6 is 0 Å². The first-order valence-corrected chi connectivity index (χ1v) is 3.66. The largest absolute Gasteiger partial charge is 0.508 e. The Morgan fingerprint density at radius 3 is 2.73 bits per heavy atom. The van der Waals surface area contributed by atoms with E-state index < -0.39 is 0 Å². The quantitative estimate of drug-likeness (QED) is 0.649. The molecule has 0 radical (unpaired) electrons. The molecular weight excluding hydrogens is 136 g/mol. The summed E-state index contributed by atoms with van der Waals surface area (Å²) in [6.07, 6.45) is 2.02. The second-order valence-electron chi connectivity index (χ2n) is 2.52. The van der Waals surface area contributed by atoms with Gasteiger partial charge in [-0.3, -0.25) is 0 Å². The number of aromatic hydroxyl groups is 1. The summed E-state index contributed by atoms with van der Waals surface area (Å²) in [7, 11) is 0. The first-order chi connectivity index (χ1) is 5.24. The molecule has 0 atom stereocenters. The lowest BCUT2D eigenvalue weighted by molar-refractivity contribution is 0.475. The van der Waals surface area contributed by atoms with Crippen molar-refractivity contribution in [3.05, 3.63) is 35.9 Å². The van der Waals surface area contributed by atoms with E-state index in [0.717, 1.165) is 5.56 Å². The Balaban J connectivity index is 3.06. The van der Waals surface area contributed by atoms with Gasteiger partial charge in [-0.05, 0) is 37.1 Å².